The maximum absolute atomic E-state index is 11.7. The molecule has 2 aromatic rings. The number of esters is 1. The molecule has 0 amide bonds. The Hall–Kier alpha value is -2.14. The minimum atomic E-state index is -0.480. The predicted molar refractivity (Wildman–Crippen MR) is 103 cm³/mol. The van der Waals surface area contributed by atoms with Crippen molar-refractivity contribution in [1.82, 2.24) is 0 Å². The first-order chi connectivity index (χ1) is 12.5. The standard InChI is InChI=1S/C20H25ClO5/c1-4-6-10-24-19-17(23)16-12-14(21)8-9-15(16)18(26-13(3)22)20(19)25-11-7-5-2/h8-9,12,23H,4-7,10-11H2,1-3H3. The van der Waals surface area contributed by atoms with Crippen molar-refractivity contribution >= 4 is 28.3 Å². The molecule has 26 heavy (non-hydrogen) atoms. The highest BCUT2D eigenvalue weighted by Crippen LogP contribution is 2.51. The van der Waals surface area contributed by atoms with Gasteiger partial charge in [-0.3, -0.25) is 4.79 Å². The van der Waals surface area contributed by atoms with E-state index in [2.05, 4.69) is 6.92 Å². The molecule has 0 saturated heterocycles. The highest BCUT2D eigenvalue weighted by molar-refractivity contribution is 6.31. The molecule has 0 heterocycles. The number of fused-ring (bicyclic) bond motifs is 1. The molecule has 142 valence electrons. The summed E-state index contributed by atoms with van der Waals surface area (Å²) in [5, 5.41) is 12.2. The summed E-state index contributed by atoms with van der Waals surface area (Å²) in [7, 11) is 0. The Balaban J connectivity index is 2.65. The molecule has 0 aliphatic heterocycles. The second-order valence-corrected chi connectivity index (χ2v) is 6.46. The molecule has 5 nitrogen and oxygen atoms in total. The fourth-order valence-corrected chi connectivity index (χ4v) is 2.68. The lowest BCUT2D eigenvalue weighted by Crippen LogP contribution is -2.08. The summed E-state index contributed by atoms with van der Waals surface area (Å²) in [6.07, 6.45) is 3.55. The van der Waals surface area contributed by atoms with Crippen LogP contribution in [0.4, 0.5) is 0 Å². The zero-order valence-corrected chi connectivity index (χ0v) is 16.2. The summed E-state index contributed by atoms with van der Waals surface area (Å²) in [6, 6.07) is 4.98. The van der Waals surface area contributed by atoms with Crippen LogP contribution in [0.5, 0.6) is 23.0 Å². The first kappa shape index (κ1) is 20.2. The van der Waals surface area contributed by atoms with Gasteiger partial charge in [0, 0.05) is 22.7 Å². The Kier molecular flexibility index (Phi) is 7.39. The molecule has 0 aliphatic carbocycles. The van der Waals surface area contributed by atoms with Crippen LogP contribution in [0.2, 0.25) is 5.02 Å². The number of halogens is 1. The van der Waals surface area contributed by atoms with Gasteiger partial charge in [-0.05, 0) is 31.0 Å². The van der Waals surface area contributed by atoms with Crippen molar-refractivity contribution in [3.8, 4) is 23.0 Å². The molecule has 0 spiro atoms. The average Bonchev–Trinajstić information content (AvgIpc) is 2.60. The lowest BCUT2D eigenvalue weighted by molar-refractivity contribution is -0.131. The van der Waals surface area contributed by atoms with E-state index in [1.165, 1.54) is 6.92 Å². The fourth-order valence-electron chi connectivity index (χ4n) is 2.51. The molecule has 2 aromatic carbocycles. The van der Waals surface area contributed by atoms with Crippen LogP contribution in [-0.2, 0) is 4.79 Å². The van der Waals surface area contributed by atoms with Gasteiger partial charge in [0.15, 0.2) is 11.5 Å². The van der Waals surface area contributed by atoms with E-state index >= 15 is 0 Å². The molecule has 0 radical (unpaired) electrons. The van der Waals surface area contributed by atoms with Crippen molar-refractivity contribution in [2.75, 3.05) is 13.2 Å². The molecule has 2 rings (SSSR count). The molecule has 0 aromatic heterocycles. The maximum Gasteiger partial charge on any atom is 0.308 e. The summed E-state index contributed by atoms with van der Waals surface area (Å²) >= 11 is 6.08. The SMILES string of the molecule is CCCCOc1c(OCCCC)c(OC(C)=O)c2ccc(Cl)cc2c1O. The molecular weight excluding hydrogens is 356 g/mol. The number of phenolic OH excluding ortho intramolecular Hbond substituents is 1. The van der Waals surface area contributed by atoms with Gasteiger partial charge in [-0.25, -0.2) is 0 Å². The van der Waals surface area contributed by atoms with E-state index in [0.29, 0.717) is 29.0 Å². The number of benzene rings is 2. The topological polar surface area (TPSA) is 65.0 Å². The average molecular weight is 381 g/mol. The van der Waals surface area contributed by atoms with Crippen LogP contribution in [0, 0.1) is 0 Å². The van der Waals surface area contributed by atoms with Crippen LogP contribution >= 0.6 is 11.6 Å². The normalized spacial score (nSPS) is 10.8. The van der Waals surface area contributed by atoms with Gasteiger partial charge < -0.3 is 19.3 Å². The van der Waals surface area contributed by atoms with Gasteiger partial charge in [0.25, 0.3) is 0 Å². The summed E-state index contributed by atoms with van der Waals surface area (Å²) in [4.78, 5) is 11.7. The third-order valence-corrected chi connectivity index (χ3v) is 4.08. The van der Waals surface area contributed by atoms with Gasteiger partial charge in [-0.1, -0.05) is 38.3 Å². The molecule has 0 saturated carbocycles. The molecule has 0 fully saturated rings. The molecule has 0 aliphatic rings. The molecule has 0 unspecified atom stereocenters. The zero-order valence-electron chi connectivity index (χ0n) is 15.4. The molecule has 0 atom stereocenters. The van der Waals surface area contributed by atoms with E-state index in [9.17, 15) is 9.90 Å². The first-order valence-electron chi connectivity index (χ1n) is 8.91. The van der Waals surface area contributed by atoms with E-state index in [4.69, 9.17) is 25.8 Å². The van der Waals surface area contributed by atoms with Crippen molar-refractivity contribution in [2.24, 2.45) is 0 Å². The largest absolute Gasteiger partial charge is 0.504 e. The van der Waals surface area contributed by atoms with Crippen molar-refractivity contribution in [3.63, 3.8) is 0 Å². The summed E-state index contributed by atoms with van der Waals surface area (Å²) in [5.41, 5.74) is 0. The summed E-state index contributed by atoms with van der Waals surface area (Å²) < 4.78 is 17.1. The zero-order chi connectivity index (χ0) is 19.1. The third kappa shape index (κ3) is 4.73. The van der Waals surface area contributed by atoms with Gasteiger partial charge in [-0.15, -0.1) is 0 Å². The number of hydrogen-bond acceptors (Lipinski definition) is 5. The van der Waals surface area contributed by atoms with Gasteiger partial charge in [0.2, 0.25) is 11.5 Å². The van der Waals surface area contributed by atoms with Crippen molar-refractivity contribution < 1.29 is 24.1 Å². The second kappa shape index (κ2) is 9.53. The van der Waals surface area contributed by atoms with Gasteiger partial charge in [-0.2, -0.15) is 0 Å². The van der Waals surface area contributed by atoms with Crippen molar-refractivity contribution in [1.29, 1.82) is 0 Å². The van der Waals surface area contributed by atoms with E-state index < -0.39 is 5.97 Å². The quantitative estimate of drug-likeness (QED) is 0.354. The van der Waals surface area contributed by atoms with Crippen molar-refractivity contribution in [3.05, 3.63) is 23.2 Å². The van der Waals surface area contributed by atoms with Crippen LogP contribution in [-0.4, -0.2) is 24.3 Å². The van der Waals surface area contributed by atoms with E-state index in [1.54, 1.807) is 18.2 Å². The number of aromatic hydroxyl groups is 1. The Morgan fingerprint density at radius 2 is 1.62 bits per heavy atom. The Labute approximate surface area is 158 Å². The van der Waals surface area contributed by atoms with Crippen LogP contribution in [0.1, 0.15) is 46.5 Å². The van der Waals surface area contributed by atoms with Crippen LogP contribution in [0.15, 0.2) is 18.2 Å². The summed E-state index contributed by atoms with van der Waals surface area (Å²) in [5.74, 6) is 0.120. The van der Waals surface area contributed by atoms with Gasteiger partial charge in [0.1, 0.15) is 0 Å². The lowest BCUT2D eigenvalue weighted by Gasteiger charge is -2.19. The number of carbonyl (C=O) groups excluding carboxylic acids is 1. The second-order valence-electron chi connectivity index (χ2n) is 6.02. The first-order valence-corrected chi connectivity index (χ1v) is 9.29. The van der Waals surface area contributed by atoms with Crippen LogP contribution < -0.4 is 14.2 Å². The molecule has 0 bridgehead atoms. The Morgan fingerprint density at radius 1 is 1.00 bits per heavy atom. The van der Waals surface area contributed by atoms with Gasteiger partial charge >= 0.3 is 5.97 Å². The maximum atomic E-state index is 11.7. The monoisotopic (exact) mass is 380 g/mol. The minimum Gasteiger partial charge on any atom is -0.504 e. The van der Waals surface area contributed by atoms with Crippen LogP contribution in [0.3, 0.4) is 0 Å². The fraction of sp³-hybridized carbons (Fsp3) is 0.450. The number of phenols is 1. The number of unbranched alkanes of at least 4 members (excludes halogenated alkanes) is 2. The predicted octanol–water partition coefficient (Wildman–Crippen LogP) is 5.48. The molecule has 6 heteroatoms. The summed E-state index contributed by atoms with van der Waals surface area (Å²) in [6.45, 7) is 6.26. The number of carbonyl (C=O) groups is 1. The lowest BCUT2D eigenvalue weighted by atomic mass is 10.1. The molecule has 1 N–H and O–H groups in total. The number of ether oxygens (including phenoxy) is 3. The smallest absolute Gasteiger partial charge is 0.308 e. The highest BCUT2D eigenvalue weighted by atomic mass is 35.5. The Morgan fingerprint density at radius 3 is 2.19 bits per heavy atom. The van der Waals surface area contributed by atoms with Crippen LogP contribution in [0.25, 0.3) is 10.8 Å². The highest BCUT2D eigenvalue weighted by Gasteiger charge is 2.24. The number of hydrogen-bond donors (Lipinski definition) is 1. The molecular formula is C20H25ClO5. The van der Waals surface area contributed by atoms with Gasteiger partial charge in [0.05, 0.1) is 13.2 Å². The van der Waals surface area contributed by atoms with E-state index in [1.807, 2.05) is 6.92 Å². The van der Waals surface area contributed by atoms with E-state index in [-0.39, 0.29) is 23.0 Å². The van der Waals surface area contributed by atoms with E-state index in [0.717, 1.165) is 25.7 Å². The third-order valence-electron chi connectivity index (χ3n) is 3.84. The Bertz CT molecular complexity index is 773. The minimum absolute atomic E-state index is 0.0685. The van der Waals surface area contributed by atoms with Crippen molar-refractivity contribution in [2.45, 2.75) is 46.5 Å². The number of rotatable bonds is 9.